The predicted octanol–water partition coefficient (Wildman–Crippen LogP) is 2.29. The standard InChI is InChI=1S/C11H16BrFN2/c1-8(6-14-2)15-7-9-5-10(12)3-4-11(9)13/h3-5,8,14-15H,6-7H2,1-2H3. The highest BCUT2D eigenvalue weighted by atomic mass is 79.9. The first-order chi connectivity index (χ1) is 7.13. The lowest BCUT2D eigenvalue weighted by Gasteiger charge is -2.13. The van der Waals surface area contributed by atoms with Gasteiger partial charge < -0.3 is 10.6 Å². The van der Waals surface area contributed by atoms with Crippen LogP contribution in [-0.2, 0) is 6.54 Å². The first-order valence-electron chi connectivity index (χ1n) is 4.95. The molecule has 2 nitrogen and oxygen atoms in total. The summed E-state index contributed by atoms with van der Waals surface area (Å²) in [7, 11) is 1.90. The minimum absolute atomic E-state index is 0.164. The van der Waals surface area contributed by atoms with E-state index in [1.165, 1.54) is 6.07 Å². The molecule has 4 heteroatoms. The summed E-state index contributed by atoms with van der Waals surface area (Å²) in [6.45, 7) is 3.48. The van der Waals surface area contributed by atoms with Gasteiger partial charge in [-0.25, -0.2) is 4.39 Å². The normalized spacial score (nSPS) is 12.8. The zero-order chi connectivity index (χ0) is 11.3. The van der Waals surface area contributed by atoms with Gasteiger partial charge >= 0.3 is 0 Å². The number of rotatable bonds is 5. The van der Waals surface area contributed by atoms with E-state index in [-0.39, 0.29) is 5.82 Å². The van der Waals surface area contributed by atoms with Crippen LogP contribution in [0.4, 0.5) is 4.39 Å². The Hall–Kier alpha value is -0.450. The maximum atomic E-state index is 13.3. The van der Waals surface area contributed by atoms with Crippen molar-refractivity contribution < 1.29 is 4.39 Å². The highest BCUT2D eigenvalue weighted by Crippen LogP contribution is 2.15. The van der Waals surface area contributed by atoms with Gasteiger partial charge in [-0.05, 0) is 32.2 Å². The lowest BCUT2D eigenvalue weighted by molar-refractivity contribution is 0.509. The fourth-order valence-corrected chi connectivity index (χ4v) is 1.75. The summed E-state index contributed by atoms with van der Waals surface area (Å²) in [4.78, 5) is 0. The van der Waals surface area contributed by atoms with E-state index in [9.17, 15) is 4.39 Å². The van der Waals surface area contributed by atoms with E-state index in [2.05, 4.69) is 33.5 Å². The smallest absolute Gasteiger partial charge is 0.127 e. The van der Waals surface area contributed by atoms with Crippen molar-refractivity contribution >= 4 is 15.9 Å². The summed E-state index contributed by atoms with van der Waals surface area (Å²) >= 11 is 3.33. The molecule has 1 aromatic rings. The average molecular weight is 275 g/mol. The fraction of sp³-hybridized carbons (Fsp3) is 0.455. The Morgan fingerprint density at radius 1 is 1.47 bits per heavy atom. The molecular weight excluding hydrogens is 259 g/mol. The van der Waals surface area contributed by atoms with Gasteiger partial charge in [-0.2, -0.15) is 0 Å². The first kappa shape index (κ1) is 12.6. The number of hydrogen-bond donors (Lipinski definition) is 2. The summed E-state index contributed by atoms with van der Waals surface area (Å²) < 4.78 is 14.2. The van der Waals surface area contributed by atoms with Gasteiger partial charge in [0, 0.05) is 29.2 Å². The molecule has 1 atom stereocenters. The summed E-state index contributed by atoms with van der Waals surface area (Å²) in [6.07, 6.45) is 0. The molecule has 0 saturated heterocycles. The van der Waals surface area contributed by atoms with E-state index in [0.29, 0.717) is 18.2 Å². The van der Waals surface area contributed by atoms with Gasteiger partial charge in [0.05, 0.1) is 0 Å². The Morgan fingerprint density at radius 3 is 2.87 bits per heavy atom. The van der Waals surface area contributed by atoms with Crippen molar-refractivity contribution in [3.63, 3.8) is 0 Å². The van der Waals surface area contributed by atoms with E-state index in [4.69, 9.17) is 0 Å². The third-order valence-electron chi connectivity index (χ3n) is 2.16. The van der Waals surface area contributed by atoms with E-state index < -0.39 is 0 Å². The number of nitrogens with one attached hydrogen (secondary N) is 2. The summed E-state index contributed by atoms with van der Waals surface area (Å²) in [5.41, 5.74) is 0.687. The van der Waals surface area contributed by atoms with Gasteiger partial charge in [0.15, 0.2) is 0 Å². The van der Waals surface area contributed by atoms with Crippen molar-refractivity contribution in [1.29, 1.82) is 0 Å². The molecule has 0 saturated carbocycles. The molecule has 0 spiro atoms. The highest BCUT2D eigenvalue weighted by Gasteiger charge is 2.04. The molecule has 2 N–H and O–H groups in total. The molecule has 1 rings (SSSR count). The van der Waals surface area contributed by atoms with Gasteiger partial charge in [0.1, 0.15) is 5.82 Å². The monoisotopic (exact) mass is 274 g/mol. The molecule has 0 radical (unpaired) electrons. The predicted molar refractivity (Wildman–Crippen MR) is 64.3 cm³/mol. The zero-order valence-electron chi connectivity index (χ0n) is 8.98. The minimum Gasteiger partial charge on any atom is -0.318 e. The maximum Gasteiger partial charge on any atom is 0.127 e. The Labute approximate surface area is 98.4 Å². The Morgan fingerprint density at radius 2 is 2.20 bits per heavy atom. The molecule has 0 heterocycles. The molecule has 1 aromatic carbocycles. The van der Waals surface area contributed by atoms with E-state index >= 15 is 0 Å². The zero-order valence-corrected chi connectivity index (χ0v) is 10.6. The van der Waals surface area contributed by atoms with Crippen molar-refractivity contribution in [3.8, 4) is 0 Å². The SMILES string of the molecule is CNCC(C)NCc1cc(Br)ccc1F. The molecule has 84 valence electrons. The second kappa shape index (κ2) is 6.20. The van der Waals surface area contributed by atoms with E-state index in [1.54, 1.807) is 12.1 Å². The second-order valence-electron chi connectivity index (χ2n) is 3.58. The van der Waals surface area contributed by atoms with Gasteiger partial charge in [-0.3, -0.25) is 0 Å². The molecule has 0 bridgehead atoms. The summed E-state index contributed by atoms with van der Waals surface area (Å²) in [6, 6.07) is 5.31. The lowest BCUT2D eigenvalue weighted by atomic mass is 10.2. The van der Waals surface area contributed by atoms with Gasteiger partial charge in [-0.1, -0.05) is 15.9 Å². The second-order valence-corrected chi connectivity index (χ2v) is 4.49. The van der Waals surface area contributed by atoms with Gasteiger partial charge in [0.2, 0.25) is 0 Å². The van der Waals surface area contributed by atoms with Crippen molar-refractivity contribution in [3.05, 3.63) is 34.1 Å². The Bertz CT molecular complexity index is 317. The maximum absolute atomic E-state index is 13.3. The van der Waals surface area contributed by atoms with Crippen LogP contribution in [0.1, 0.15) is 12.5 Å². The lowest BCUT2D eigenvalue weighted by Crippen LogP contribution is -2.34. The average Bonchev–Trinajstić information content (AvgIpc) is 2.20. The van der Waals surface area contributed by atoms with Crippen LogP contribution in [0.5, 0.6) is 0 Å². The third-order valence-corrected chi connectivity index (χ3v) is 2.65. The molecule has 0 amide bonds. The van der Waals surface area contributed by atoms with Crippen LogP contribution >= 0.6 is 15.9 Å². The van der Waals surface area contributed by atoms with Crippen molar-refractivity contribution in [2.24, 2.45) is 0 Å². The van der Waals surface area contributed by atoms with Crippen LogP contribution in [0.15, 0.2) is 22.7 Å². The van der Waals surface area contributed by atoms with Crippen LogP contribution in [0.2, 0.25) is 0 Å². The number of halogens is 2. The van der Waals surface area contributed by atoms with Gasteiger partial charge in [-0.15, -0.1) is 0 Å². The minimum atomic E-state index is -0.164. The summed E-state index contributed by atoms with van der Waals surface area (Å²) in [5, 5.41) is 6.31. The van der Waals surface area contributed by atoms with Crippen LogP contribution in [0.3, 0.4) is 0 Å². The molecule has 15 heavy (non-hydrogen) atoms. The first-order valence-corrected chi connectivity index (χ1v) is 5.74. The van der Waals surface area contributed by atoms with Crippen molar-refractivity contribution in [2.75, 3.05) is 13.6 Å². The Kier molecular flexibility index (Phi) is 5.22. The molecule has 0 fully saturated rings. The number of likely N-dealkylation sites (N-methyl/N-ethyl adjacent to an activating group) is 1. The molecule has 1 unspecified atom stereocenters. The number of hydrogen-bond acceptors (Lipinski definition) is 2. The highest BCUT2D eigenvalue weighted by molar-refractivity contribution is 9.10. The molecule has 0 aromatic heterocycles. The fourth-order valence-electron chi connectivity index (χ4n) is 1.34. The molecule has 0 aliphatic carbocycles. The van der Waals surface area contributed by atoms with Crippen molar-refractivity contribution in [2.45, 2.75) is 19.5 Å². The third kappa shape index (κ3) is 4.28. The van der Waals surface area contributed by atoms with Crippen LogP contribution < -0.4 is 10.6 Å². The van der Waals surface area contributed by atoms with Crippen LogP contribution in [0.25, 0.3) is 0 Å². The topological polar surface area (TPSA) is 24.1 Å². The molecule has 0 aliphatic heterocycles. The van der Waals surface area contributed by atoms with E-state index in [1.807, 2.05) is 7.05 Å². The Balaban J connectivity index is 2.53. The molecule has 0 aliphatic rings. The van der Waals surface area contributed by atoms with E-state index in [0.717, 1.165) is 11.0 Å². The van der Waals surface area contributed by atoms with Crippen LogP contribution in [-0.4, -0.2) is 19.6 Å². The summed E-state index contributed by atoms with van der Waals surface area (Å²) in [5.74, 6) is -0.164. The van der Waals surface area contributed by atoms with Gasteiger partial charge in [0.25, 0.3) is 0 Å². The number of benzene rings is 1. The molecular formula is C11H16BrFN2. The van der Waals surface area contributed by atoms with Crippen molar-refractivity contribution in [1.82, 2.24) is 10.6 Å². The largest absolute Gasteiger partial charge is 0.318 e. The quantitative estimate of drug-likeness (QED) is 0.861. The van der Waals surface area contributed by atoms with Crippen LogP contribution in [0, 0.1) is 5.82 Å².